The minimum absolute atomic E-state index is 0.0284. The minimum Gasteiger partial charge on any atom is -0.467 e. The average Bonchev–Trinajstić information content (AvgIpc) is 3.31. The van der Waals surface area contributed by atoms with E-state index in [-0.39, 0.29) is 5.75 Å². The summed E-state index contributed by atoms with van der Waals surface area (Å²) in [6.45, 7) is 0.710. The molecule has 3 aromatic rings. The van der Waals surface area contributed by atoms with Crippen LogP contribution in [0.25, 0.3) is 0 Å². The lowest BCUT2D eigenvalue weighted by Gasteiger charge is -2.09. The predicted octanol–water partition coefficient (Wildman–Crippen LogP) is 4.14. The number of amides is 1. The number of carbonyl (C=O) groups is 2. The Kier molecular flexibility index (Phi) is 6.51. The van der Waals surface area contributed by atoms with Gasteiger partial charge in [0.1, 0.15) is 11.5 Å². The first-order valence-corrected chi connectivity index (χ1v) is 9.04. The van der Waals surface area contributed by atoms with E-state index >= 15 is 0 Å². The maximum Gasteiger partial charge on any atom is 0.387 e. The first kappa shape index (κ1) is 21.1. The van der Waals surface area contributed by atoms with E-state index in [4.69, 9.17) is 9.15 Å². The van der Waals surface area contributed by atoms with Crippen LogP contribution in [0.15, 0.2) is 53.1 Å². The summed E-state index contributed by atoms with van der Waals surface area (Å²) >= 11 is 0. The molecule has 0 aliphatic carbocycles. The Hall–Kier alpha value is -3.62. The van der Waals surface area contributed by atoms with E-state index in [1.807, 2.05) is 17.6 Å². The number of furan rings is 1. The number of aryl methyl sites for hydroxylation is 1. The van der Waals surface area contributed by atoms with Crippen molar-refractivity contribution >= 4 is 17.6 Å². The van der Waals surface area contributed by atoms with Gasteiger partial charge in [-0.3, -0.25) is 4.79 Å². The molecule has 0 saturated carbocycles. The fourth-order valence-corrected chi connectivity index (χ4v) is 2.94. The zero-order valence-corrected chi connectivity index (χ0v) is 16.4. The second kappa shape index (κ2) is 9.25. The molecule has 0 aliphatic rings. The molecular formula is C21H20F2N2O5. The number of anilines is 1. The predicted molar refractivity (Wildman–Crippen MR) is 104 cm³/mol. The first-order chi connectivity index (χ1) is 14.3. The van der Waals surface area contributed by atoms with Gasteiger partial charge in [-0.15, -0.1) is 0 Å². The maximum absolute atomic E-state index is 12.4. The van der Waals surface area contributed by atoms with Crippen molar-refractivity contribution in [1.82, 2.24) is 4.57 Å². The van der Waals surface area contributed by atoms with Crippen LogP contribution in [0.4, 0.5) is 14.5 Å². The highest BCUT2D eigenvalue weighted by molar-refractivity contribution is 5.96. The monoisotopic (exact) mass is 418 g/mol. The highest BCUT2D eigenvalue weighted by Gasteiger charge is 2.18. The van der Waals surface area contributed by atoms with Crippen molar-refractivity contribution in [2.45, 2.75) is 27.0 Å². The molecule has 7 nitrogen and oxygen atoms in total. The van der Waals surface area contributed by atoms with Crippen molar-refractivity contribution < 1.29 is 32.3 Å². The first-order valence-electron chi connectivity index (χ1n) is 9.04. The normalized spacial score (nSPS) is 10.8. The summed E-state index contributed by atoms with van der Waals surface area (Å²) in [6.07, 6.45) is 1.58. The Bertz CT molecular complexity index is 1010. The third-order valence-electron chi connectivity index (χ3n) is 4.39. The summed E-state index contributed by atoms with van der Waals surface area (Å²) < 4.78 is 40.9. The highest BCUT2D eigenvalue weighted by atomic mass is 19.3. The summed E-state index contributed by atoms with van der Waals surface area (Å²) in [5, 5.41) is 2.51. The van der Waals surface area contributed by atoms with Crippen molar-refractivity contribution in [3.8, 4) is 5.75 Å². The van der Waals surface area contributed by atoms with Crippen LogP contribution in [-0.2, 0) is 16.1 Å². The van der Waals surface area contributed by atoms with E-state index in [0.717, 1.165) is 11.5 Å². The molecule has 0 fully saturated rings. The van der Waals surface area contributed by atoms with Crippen LogP contribution in [-0.4, -0.2) is 29.7 Å². The number of halogens is 2. The molecule has 0 unspecified atom stereocenters. The molecule has 0 saturated heterocycles. The molecule has 0 spiro atoms. The van der Waals surface area contributed by atoms with E-state index in [0.29, 0.717) is 23.5 Å². The average molecular weight is 418 g/mol. The van der Waals surface area contributed by atoms with Crippen LogP contribution in [0.5, 0.6) is 5.75 Å². The van der Waals surface area contributed by atoms with Crippen LogP contribution in [0, 0.1) is 13.8 Å². The van der Waals surface area contributed by atoms with Crippen LogP contribution in [0.1, 0.15) is 27.5 Å². The molecule has 2 heterocycles. The summed E-state index contributed by atoms with van der Waals surface area (Å²) in [5.41, 5.74) is 2.27. The fourth-order valence-electron chi connectivity index (χ4n) is 2.94. The summed E-state index contributed by atoms with van der Waals surface area (Å²) in [4.78, 5) is 24.4. The van der Waals surface area contributed by atoms with Gasteiger partial charge in [0.2, 0.25) is 0 Å². The molecule has 2 aromatic heterocycles. The van der Waals surface area contributed by atoms with Crippen LogP contribution in [0.2, 0.25) is 0 Å². The Balaban J connectivity index is 1.55. The Morgan fingerprint density at radius 1 is 1.17 bits per heavy atom. The molecule has 158 valence electrons. The van der Waals surface area contributed by atoms with Gasteiger partial charge >= 0.3 is 12.6 Å². The molecule has 0 bridgehead atoms. The molecule has 0 radical (unpaired) electrons. The number of ether oxygens (including phenoxy) is 2. The number of esters is 1. The lowest BCUT2D eigenvalue weighted by Crippen LogP contribution is -2.21. The van der Waals surface area contributed by atoms with Gasteiger partial charge in [0, 0.05) is 17.1 Å². The van der Waals surface area contributed by atoms with Crippen LogP contribution in [0.3, 0.4) is 0 Å². The number of carbonyl (C=O) groups excluding carboxylic acids is 2. The molecule has 3 rings (SSSR count). The molecular weight excluding hydrogens is 398 g/mol. The molecule has 0 aliphatic heterocycles. The van der Waals surface area contributed by atoms with Gasteiger partial charge in [-0.2, -0.15) is 8.78 Å². The Morgan fingerprint density at radius 2 is 1.90 bits per heavy atom. The van der Waals surface area contributed by atoms with Crippen molar-refractivity contribution in [3.05, 3.63) is 71.4 Å². The number of hydrogen-bond acceptors (Lipinski definition) is 5. The lowest BCUT2D eigenvalue weighted by molar-refractivity contribution is -0.119. The van der Waals surface area contributed by atoms with Crippen LogP contribution >= 0.6 is 0 Å². The molecule has 0 atom stereocenters. The molecule has 1 amide bonds. The fraction of sp³-hybridized carbons (Fsp3) is 0.238. The third-order valence-corrected chi connectivity index (χ3v) is 4.39. The molecule has 1 aromatic carbocycles. The number of nitrogens with one attached hydrogen (secondary N) is 1. The summed E-state index contributed by atoms with van der Waals surface area (Å²) in [5.74, 6) is -0.458. The summed E-state index contributed by atoms with van der Waals surface area (Å²) in [7, 11) is 0. The zero-order chi connectivity index (χ0) is 21.7. The van der Waals surface area contributed by atoms with Crippen molar-refractivity contribution in [2.75, 3.05) is 11.9 Å². The minimum atomic E-state index is -2.93. The van der Waals surface area contributed by atoms with Gasteiger partial charge in [0.05, 0.1) is 18.4 Å². The molecule has 1 N–H and O–H groups in total. The second-order valence-corrected chi connectivity index (χ2v) is 6.48. The van der Waals surface area contributed by atoms with E-state index in [9.17, 15) is 18.4 Å². The Morgan fingerprint density at radius 3 is 2.53 bits per heavy atom. The van der Waals surface area contributed by atoms with Gasteiger partial charge in [-0.1, -0.05) is 0 Å². The van der Waals surface area contributed by atoms with Crippen molar-refractivity contribution in [2.24, 2.45) is 0 Å². The number of alkyl halides is 2. The quantitative estimate of drug-likeness (QED) is 0.556. The number of benzene rings is 1. The standard InChI is InChI=1S/C21H20F2N2O5/c1-13-10-18(14(2)25(13)11-17-4-3-9-28-17)20(27)29-12-19(26)24-15-5-7-16(8-6-15)30-21(22)23/h3-10,21H,11-12H2,1-2H3,(H,24,26). The number of rotatable bonds is 8. The molecule has 9 heteroatoms. The van der Waals surface area contributed by atoms with Crippen molar-refractivity contribution in [1.29, 1.82) is 0 Å². The summed E-state index contributed by atoms with van der Waals surface area (Å²) in [6, 6.07) is 10.7. The lowest BCUT2D eigenvalue weighted by atomic mass is 10.2. The number of nitrogens with zero attached hydrogens (tertiary/aromatic N) is 1. The van der Waals surface area contributed by atoms with Gasteiger partial charge in [0.15, 0.2) is 6.61 Å². The largest absolute Gasteiger partial charge is 0.467 e. The van der Waals surface area contributed by atoms with Crippen molar-refractivity contribution in [3.63, 3.8) is 0 Å². The van der Waals surface area contributed by atoms with Crippen LogP contribution < -0.4 is 10.1 Å². The topological polar surface area (TPSA) is 82.7 Å². The van der Waals surface area contributed by atoms with Gasteiger partial charge in [-0.05, 0) is 56.3 Å². The Labute approximate surface area is 171 Å². The van der Waals surface area contributed by atoms with Gasteiger partial charge < -0.3 is 23.8 Å². The zero-order valence-electron chi connectivity index (χ0n) is 16.4. The maximum atomic E-state index is 12.4. The molecule has 30 heavy (non-hydrogen) atoms. The SMILES string of the molecule is Cc1cc(C(=O)OCC(=O)Nc2ccc(OC(F)F)cc2)c(C)n1Cc1ccco1. The van der Waals surface area contributed by atoms with E-state index in [1.165, 1.54) is 24.3 Å². The van der Waals surface area contributed by atoms with Gasteiger partial charge in [-0.25, -0.2) is 4.79 Å². The highest BCUT2D eigenvalue weighted by Crippen LogP contribution is 2.19. The van der Waals surface area contributed by atoms with Gasteiger partial charge in [0.25, 0.3) is 5.91 Å². The van der Waals surface area contributed by atoms with E-state index in [1.54, 1.807) is 25.3 Å². The smallest absolute Gasteiger partial charge is 0.387 e. The number of hydrogen-bond donors (Lipinski definition) is 1. The number of aromatic nitrogens is 1. The van der Waals surface area contributed by atoms with E-state index in [2.05, 4.69) is 10.1 Å². The second-order valence-electron chi connectivity index (χ2n) is 6.48. The van der Waals surface area contributed by atoms with E-state index < -0.39 is 25.1 Å². The third kappa shape index (κ3) is 5.25.